The molecule has 0 unspecified atom stereocenters. The molecule has 0 saturated heterocycles. The first kappa shape index (κ1) is 12.1. The zero-order valence-electron chi connectivity index (χ0n) is 9.37. The largest absolute Gasteiger partial charge is 0.496 e. The van der Waals surface area contributed by atoms with Crippen molar-refractivity contribution in [1.29, 1.82) is 0 Å². The molecule has 0 aromatic heterocycles. The van der Waals surface area contributed by atoms with Gasteiger partial charge < -0.3 is 4.74 Å². The van der Waals surface area contributed by atoms with Gasteiger partial charge in [-0.25, -0.2) is 5.11 Å². The topological polar surface area (TPSA) is 29.1 Å². The molecular formula is C13H19O2. The molecule has 0 spiro atoms. The Labute approximate surface area is 91.9 Å². The minimum absolute atomic E-state index is 0.0641. The minimum Gasteiger partial charge on any atom is -0.496 e. The summed E-state index contributed by atoms with van der Waals surface area (Å²) in [5.74, 6) is 0.973. The molecule has 1 rings (SSSR count). The van der Waals surface area contributed by atoms with Gasteiger partial charge in [0.1, 0.15) is 5.75 Å². The molecule has 1 aromatic carbocycles. The smallest absolute Gasteiger partial charge is 0.122 e. The predicted octanol–water partition coefficient (Wildman–Crippen LogP) is 3.23. The number of benzene rings is 1. The SMILES string of the molecule is COc1ccccc1CCCCCC[O]. The number of methoxy groups -OCH3 is 1. The van der Waals surface area contributed by atoms with Crippen molar-refractivity contribution in [2.24, 2.45) is 0 Å². The molecule has 0 fully saturated rings. The van der Waals surface area contributed by atoms with E-state index in [1.54, 1.807) is 7.11 Å². The molecule has 2 heteroatoms. The van der Waals surface area contributed by atoms with Gasteiger partial charge in [0.25, 0.3) is 0 Å². The van der Waals surface area contributed by atoms with Crippen LogP contribution in [0.4, 0.5) is 0 Å². The molecule has 0 bridgehead atoms. The zero-order valence-corrected chi connectivity index (χ0v) is 9.37. The number of unbranched alkanes of at least 4 members (excludes halogenated alkanes) is 3. The van der Waals surface area contributed by atoms with Gasteiger partial charge in [-0.15, -0.1) is 0 Å². The van der Waals surface area contributed by atoms with E-state index in [1.165, 1.54) is 5.56 Å². The zero-order chi connectivity index (χ0) is 10.9. The number of para-hydroxylation sites is 1. The average molecular weight is 207 g/mol. The van der Waals surface area contributed by atoms with Gasteiger partial charge in [-0.2, -0.15) is 0 Å². The molecule has 0 atom stereocenters. The van der Waals surface area contributed by atoms with Crippen LogP contribution >= 0.6 is 0 Å². The molecule has 0 aliphatic carbocycles. The van der Waals surface area contributed by atoms with Crippen molar-refractivity contribution in [2.45, 2.75) is 32.1 Å². The van der Waals surface area contributed by atoms with Gasteiger partial charge in [0.05, 0.1) is 13.7 Å². The quantitative estimate of drug-likeness (QED) is 0.631. The Hall–Kier alpha value is -1.02. The number of hydrogen-bond donors (Lipinski definition) is 0. The van der Waals surface area contributed by atoms with Gasteiger partial charge in [-0.05, 0) is 30.9 Å². The van der Waals surface area contributed by atoms with Crippen LogP contribution in [0.5, 0.6) is 5.75 Å². The molecule has 2 nitrogen and oxygen atoms in total. The Kier molecular flexibility index (Phi) is 5.86. The molecule has 1 aromatic rings. The Morgan fingerprint density at radius 2 is 1.80 bits per heavy atom. The molecule has 0 saturated carbocycles. The minimum atomic E-state index is 0.0641. The normalized spacial score (nSPS) is 10.3. The second kappa shape index (κ2) is 7.30. The van der Waals surface area contributed by atoms with Gasteiger partial charge in [0.15, 0.2) is 0 Å². The van der Waals surface area contributed by atoms with Crippen LogP contribution in [0.15, 0.2) is 24.3 Å². The highest BCUT2D eigenvalue weighted by Gasteiger charge is 2.00. The van der Waals surface area contributed by atoms with E-state index in [4.69, 9.17) is 4.74 Å². The van der Waals surface area contributed by atoms with E-state index in [2.05, 4.69) is 6.07 Å². The van der Waals surface area contributed by atoms with Gasteiger partial charge in [-0.1, -0.05) is 31.0 Å². The third kappa shape index (κ3) is 4.34. The van der Waals surface area contributed by atoms with Crippen LogP contribution in [0.2, 0.25) is 0 Å². The van der Waals surface area contributed by atoms with Gasteiger partial charge >= 0.3 is 0 Å². The number of aryl methyl sites for hydroxylation is 1. The van der Waals surface area contributed by atoms with E-state index in [9.17, 15) is 5.11 Å². The van der Waals surface area contributed by atoms with Crippen LogP contribution in [0, 0.1) is 0 Å². The standard InChI is InChI=1S/C13H19O2/c1-15-13-10-6-5-9-12(13)8-4-2-3-7-11-14/h5-6,9-10H,2-4,7-8,11H2,1H3. The lowest BCUT2D eigenvalue weighted by Crippen LogP contribution is -1.92. The van der Waals surface area contributed by atoms with E-state index in [0.29, 0.717) is 0 Å². The van der Waals surface area contributed by atoms with E-state index in [1.807, 2.05) is 18.2 Å². The first-order valence-corrected chi connectivity index (χ1v) is 5.58. The lowest BCUT2D eigenvalue weighted by Gasteiger charge is -2.07. The Balaban J connectivity index is 2.30. The van der Waals surface area contributed by atoms with E-state index in [-0.39, 0.29) is 6.61 Å². The van der Waals surface area contributed by atoms with Crippen LogP contribution in [-0.4, -0.2) is 13.7 Å². The van der Waals surface area contributed by atoms with Crippen molar-refractivity contribution in [3.05, 3.63) is 29.8 Å². The van der Waals surface area contributed by atoms with Crippen molar-refractivity contribution in [1.82, 2.24) is 0 Å². The summed E-state index contributed by atoms with van der Waals surface area (Å²) in [6.07, 6.45) is 5.19. The fourth-order valence-corrected chi connectivity index (χ4v) is 1.68. The van der Waals surface area contributed by atoms with Crippen molar-refractivity contribution >= 4 is 0 Å². The summed E-state index contributed by atoms with van der Waals surface area (Å²) >= 11 is 0. The molecular weight excluding hydrogens is 188 g/mol. The molecule has 0 N–H and O–H groups in total. The van der Waals surface area contributed by atoms with Gasteiger partial charge in [-0.3, -0.25) is 0 Å². The average Bonchev–Trinajstić information content (AvgIpc) is 2.29. The summed E-state index contributed by atoms with van der Waals surface area (Å²) in [5.41, 5.74) is 1.27. The Bertz CT molecular complexity index is 271. The maximum Gasteiger partial charge on any atom is 0.122 e. The number of rotatable bonds is 7. The number of hydrogen-bond acceptors (Lipinski definition) is 1. The van der Waals surface area contributed by atoms with E-state index >= 15 is 0 Å². The Morgan fingerprint density at radius 1 is 1.07 bits per heavy atom. The van der Waals surface area contributed by atoms with Crippen LogP contribution in [0.1, 0.15) is 31.2 Å². The summed E-state index contributed by atoms with van der Waals surface area (Å²) in [4.78, 5) is 0. The molecule has 83 valence electrons. The van der Waals surface area contributed by atoms with Crippen molar-refractivity contribution < 1.29 is 9.84 Å². The lowest BCUT2D eigenvalue weighted by molar-refractivity contribution is 0.186. The summed E-state index contributed by atoms with van der Waals surface area (Å²) in [6.45, 7) is 0.0641. The first-order valence-electron chi connectivity index (χ1n) is 5.58. The van der Waals surface area contributed by atoms with Crippen LogP contribution in [-0.2, 0) is 11.5 Å². The molecule has 15 heavy (non-hydrogen) atoms. The van der Waals surface area contributed by atoms with E-state index in [0.717, 1.165) is 37.9 Å². The highest BCUT2D eigenvalue weighted by atomic mass is 16.5. The van der Waals surface area contributed by atoms with Crippen LogP contribution in [0.3, 0.4) is 0 Å². The van der Waals surface area contributed by atoms with Crippen molar-refractivity contribution in [2.75, 3.05) is 13.7 Å². The predicted molar refractivity (Wildman–Crippen MR) is 60.7 cm³/mol. The van der Waals surface area contributed by atoms with Gasteiger partial charge in [0.2, 0.25) is 0 Å². The molecule has 0 heterocycles. The molecule has 0 amide bonds. The first-order chi connectivity index (χ1) is 7.38. The van der Waals surface area contributed by atoms with Crippen LogP contribution in [0.25, 0.3) is 0 Å². The fraction of sp³-hybridized carbons (Fsp3) is 0.538. The lowest BCUT2D eigenvalue weighted by atomic mass is 10.1. The second-order valence-electron chi connectivity index (χ2n) is 3.68. The molecule has 0 aliphatic heterocycles. The molecule has 0 aliphatic rings. The highest BCUT2D eigenvalue weighted by molar-refractivity contribution is 5.33. The fourth-order valence-electron chi connectivity index (χ4n) is 1.68. The highest BCUT2D eigenvalue weighted by Crippen LogP contribution is 2.19. The summed E-state index contributed by atoms with van der Waals surface area (Å²) in [7, 11) is 1.70. The summed E-state index contributed by atoms with van der Waals surface area (Å²) < 4.78 is 5.27. The number of ether oxygens (including phenoxy) is 1. The van der Waals surface area contributed by atoms with Crippen LogP contribution < -0.4 is 4.74 Å². The Morgan fingerprint density at radius 3 is 2.53 bits per heavy atom. The third-order valence-electron chi connectivity index (χ3n) is 2.53. The second-order valence-corrected chi connectivity index (χ2v) is 3.68. The monoisotopic (exact) mass is 207 g/mol. The maximum atomic E-state index is 10.2. The summed E-state index contributed by atoms with van der Waals surface area (Å²) in [5, 5.41) is 10.2. The summed E-state index contributed by atoms with van der Waals surface area (Å²) in [6, 6.07) is 8.12. The van der Waals surface area contributed by atoms with E-state index < -0.39 is 0 Å². The maximum absolute atomic E-state index is 10.2. The van der Waals surface area contributed by atoms with Crippen molar-refractivity contribution in [3.63, 3.8) is 0 Å². The molecule has 1 radical (unpaired) electrons. The van der Waals surface area contributed by atoms with Crippen molar-refractivity contribution in [3.8, 4) is 5.75 Å². The third-order valence-corrected chi connectivity index (χ3v) is 2.53. The van der Waals surface area contributed by atoms with Gasteiger partial charge in [0, 0.05) is 0 Å².